The molecule has 2 aromatic heterocycles. The van der Waals surface area contributed by atoms with E-state index in [1.54, 1.807) is 25.2 Å². The molecule has 1 fully saturated rings. The molecule has 27 heavy (non-hydrogen) atoms. The molecule has 0 aliphatic heterocycles. The average molecular weight is 365 g/mol. The quantitative estimate of drug-likeness (QED) is 0.710. The number of rotatable bonds is 4. The predicted octanol–water partition coefficient (Wildman–Crippen LogP) is 2.09. The minimum Gasteiger partial charge on any atom is -0.331 e. The van der Waals surface area contributed by atoms with Crippen molar-refractivity contribution >= 4 is 16.8 Å². The van der Waals surface area contributed by atoms with Crippen LogP contribution >= 0.6 is 0 Å². The van der Waals surface area contributed by atoms with Crippen molar-refractivity contribution in [1.82, 2.24) is 24.2 Å². The zero-order valence-corrected chi connectivity index (χ0v) is 16.1. The first kappa shape index (κ1) is 17.5. The fraction of sp³-hybridized carbons (Fsp3) is 0.400. The number of aryl methyl sites for hydroxylation is 3. The molecule has 0 radical (unpaired) electrons. The maximum absolute atomic E-state index is 13.2. The summed E-state index contributed by atoms with van der Waals surface area (Å²) >= 11 is 0. The van der Waals surface area contributed by atoms with Crippen molar-refractivity contribution in [2.75, 3.05) is 0 Å². The summed E-state index contributed by atoms with van der Waals surface area (Å²) in [5.41, 5.74) is 4.14. The van der Waals surface area contributed by atoms with E-state index < -0.39 is 0 Å². The second-order valence-corrected chi connectivity index (χ2v) is 7.33. The van der Waals surface area contributed by atoms with E-state index >= 15 is 0 Å². The lowest BCUT2D eigenvalue weighted by atomic mass is 10.1. The van der Waals surface area contributed by atoms with Crippen molar-refractivity contribution in [3.63, 3.8) is 0 Å². The first-order valence-electron chi connectivity index (χ1n) is 9.12. The van der Waals surface area contributed by atoms with Gasteiger partial charge in [-0.05, 0) is 44.9 Å². The zero-order valence-electron chi connectivity index (χ0n) is 16.1. The van der Waals surface area contributed by atoms with Gasteiger partial charge < -0.3 is 9.47 Å². The van der Waals surface area contributed by atoms with E-state index in [2.05, 4.69) is 10.1 Å². The van der Waals surface area contributed by atoms with Gasteiger partial charge in [-0.25, -0.2) is 4.98 Å². The summed E-state index contributed by atoms with van der Waals surface area (Å²) in [5, 5.41) is 4.99. The molecule has 0 atom stereocenters. The molecule has 140 valence electrons. The SMILES string of the molecule is Cc1nn(C)c(C)c1CN(C(=O)c1ccc2c(=O)n(C)cnc2c1)C1CC1. The number of benzene rings is 1. The molecule has 1 amide bonds. The molecule has 7 heteroatoms. The van der Waals surface area contributed by atoms with E-state index in [1.165, 1.54) is 10.9 Å². The number of aromatic nitrogens is 4. The minimum atomic E-state index is -0.111. The summed E-state index contributed by atoms with van der Waals surface area (Å²) in [6.45, 7) is 4.56. The molecule has 7 nitrogen and oxygen atoms in total. The highest BCUT2D eigenvalue weighted by atomic mass is 16.2. The summed E-state index contributed by atoms with van der Waals surface area (Å²) in [4.78, 5) is 31.7. The number of hydrogen-bond donors (Lipinski definition) is 0. The number of hydrogen-bond acceptors (Lipinski definition) is 4. The average Bonchev–Trinajstić information content (AvgIpc) is 3.45. The lowest BCUT2D eigenvalue weighted by Crippen LogP contribution is -2.33. The summed E-state index contributed by atoms with van der Waals surface area (Å²) in [5.74, 6) is -0.0236. The first-order chi connectivity index (χ1) is 12.9. The van der Waals surface area contributed by atoms with Crippen LogP contribution in [0.2, 0.25) is 0 Å². The normalized spacial score (nSPS) is 13.9. The van der Waals surface area contributed by atoms with Crippen molar-refractivity contribution in [3.8, 4) is 0 Å². The summed E-state index contributed by atoms with van der Waals surface area (Å²) in [6, 6.07) is 5.41. The standard InChI is InChI=1S/C20H23N5O2/c1-12-17(13(2)24(4)22-12)10-25(15-6-7-15)19(26)14-5-8-16-18(9-14)21-11-23(3)20(16)27/h5,8-9,11,15H,6-7,10H2,1-4H3. The van der Waals surface area contributed by atoms with Gasteiger partial charge in [0.25, 0.3) is 11.5 Å². The zero-order chi connectivity index (χ0) is 19.3. The minimum absolute atomic E-state index is 0.0236. The van der Waals surface area contributed by atoms with Crippen molar-refractivity contribution in [3.05, 3.63) is 57.4 Å². The Kier molecular flexibility index (Phi) is 4.09. The van der Waals surface area contributed by atoms with Gasteiger partial charge in [-0.15, -0.1) is 0 Å². The lowest BCUT2D eigenvalue weighted by Gasteiger charge is -2.23. The van der Waals surface area contributed by atoms with E-state index in [0.29, 0.717) is 23.0 Å². The largest absolute Gasteiger partial charge is 0.331 e. The molecule has 1 aliphatic rings. The Balaban J connectivity index is 1.69. The Hall–Kier alpha value is -2.96. The predicted molar refractivity (Wildman–Crippen MR) is 103 cm³/mol. The maximum atomic E-state index is 13.2. The second kappa shape index (κ2) is 6.33. The van der Waals surface area contributed by atoms with Gasteiger partial charge in [0.1, 0.15) is 0 Å². The Morgan fingerprint density at radius 1 is 1.26 bits per heavy atom. The van der Waals surface area contributed by atoms with E-state index in [4.69, 9.17) is 0 Å². The Labute approximate surface area is 157 Å². The first-order valence-corrected chi connectivity index (χ1v) is 9.12. The van der Waals surface area contributed by atoms with Gasteiger partial charge in [0, 0.05) is 43.5 Å². The third-order valence-electron chi connectivity index (χ3n) is 5.40. The number of carbonyl (C=O) groups excluding carboxylic acids is 1. The second-order valence-electron chi connectivity index (χ2n) is 7.33. The molecule has 1 aliphatic carbocycles. The highest BCUT2D eigenvalue weighted by molar-refractivity contribution is 5.98. The molecule has 0 N–H and O–H groups in total. The monoisotopic (exact) mass is 365 g/mol. The molecule has 1 saturated carbocycles. The molecule has 0 unspecified atom stereocenters. The summed E-state index contributed by atoms with van der Waals surface area (Å²) in [6.07, 6.45) is 3.53. The highest BCUT2D eigenvalue weighted by Gasteiger charge is 2.34. The molecule has 0 bridgehead atoms. The van der Waals surface area contributed by atoms with Gasteiger partial charge in [-0.3, -0.25) is 14.3 Å². The topological polar surface area (TPSA) is 73.0 Å². The van der Waals surface area contributed by atoms with Gasteiger partial charge in [0.2, 0.25) is 0 Å². The Morgan fingerprint density at radius 2 is 2.00 bits per heavy atom. The van der Waals surface area contributed by atoms with Crippen LogP contribution in [0.4, 0.5) is 0 Å². The summed E-state index contributed by atoms with van der Waals surface area (Å²) < 4.78 is 3.30. The molecular weight excluding hydrogens is 342 g/mol. The number of fused-ring (bicyclic) bond motifs is 1. The van der Waals surface area contributed by atoms with E-state index in [0.717, 1.165) is 29.8 Å². The van der Waals surface area contributed by atoms with Gasteiger partial charge in [0.15, 0.2) is 0 Å². The number of nitrogens with zero attached hydrogens (tertiary/aromatic N) is 5. The molecule has 4 rings (SSSR count). The molecule has 0 spiro atoms. The van der Waals surface area contributed by atoms with Crippen LogP contribution in [0.15, 0.2) is 29.3 Å². The Morgan fingerprint density at radius 3 is 2.63 bits per heavy atom. The molecule has 3 aromatic rings. The highest BCUT2D eigenvalue weighted by Crippen LogP contribution is 2.31. The van der Waals surface area contributed by atoms with Gasteiger partial charge >= 0.3 is 0 Å². The number of amides is 1. The third-order valence-corrected chi connectivity index (χ3v) is 5.40. The van der Waals surface area contributed by atoms with Crippen LogP contribution in [0, 0.1) is 13.8 Å². The van der Waals surface area contributed by atoms with Crippen LogP contribution in [-0.2, 0) is 20.6 Å². The number of carbonyl (C=O) groups is 1. The van der Waals surface area contributed by atoms with Crippen LogP contribution in [0.5, 0.6) is 0 Å². The van der Waals surface area contributed by atoms with E-state index in [1.807, 2.05) is 30.5 Å². The molecule has 2 heterocycles. The van der Waals surface area contributed by atoms with Crippen molar-refractivity contribution in [2.45, 2.75) is 39.3 Å². The van der Waals surface area contributed by atoms with Crippen LogP contribution in [0.25, 0.3) is 10.9 Å². The lowest BCUT2D eigenvalue weighted by molar-refractivity contribution is 0.0729. The Bertz CT molecular complexity index is 1110. The van der Waals surface area contributed by atoms with Crippen LogP contribution in [0.3, 0.4) is 0 Å². The van der Waals surface area contributed by atoms with Crippen molar-refractivity contribution < 1.29 is 4.79 Å². The van der Waals surface area contributed by atoms with Crippen molar-refractivity contribution in [1.29, 1.82) is 0 Å². The fourth-order valence-electron chi connectivity index (χ4n) is 3.48. The van der Waals surface area contributed by atoms with Crippen LogP contribution < -0.4 is 5.56 Å². The third kappa shape index (κ3) is 3.03. The fourth-order valence-corrected chi connectivity index (χ4v) is 3.48. The maximum Gasteiger partial charge on any atom is 0.260 e. The van der Waals surface area contributed by atoms with Gasteiger partial charge in [0.05, 0.1) is 22.9 Å². The smallest absolute Gasteiger partial charge is 0.260 e. The molecule has 0 saturated heterocycles. The molecular formula is C20H23N5O2. The van der Waals surface area contributed by atoms with Gasteiger partial charge in [-0.1, -0.05) is 0 Å². The summed E-state index contributed by atoms with van der Waals surface area (Å²) in [7, 11) is 3.59. The van der Waals surface area contributed by atoms with E-state index in [9.17, 15) is 9.59 Å². The molecule has 1 aromatic carbocycles. The van der Waals surface area contributed by atoms with Crippen LogP contribution in [-0.4, -0.2) is 36.2 Å². The van der Waals surface area contributed by atoms with Gasteiger partial charge in [-0.2, -0.15) is 5.10 Å². The van der Waals surface area contributed by atoms with Crippen LogP contribution in [0.1, 0.15) is 40.2 Å². The van der Waals surface area contributed by atoms with E-state index in [-0.39, 0.29) is 17.5 Å². The van der Waals surface area contributed by atoms with Crippen molar-refractivity contribution in [2.24, 2.45) is 14.1 Å².